The van der Waals surface area contributed by atoms with E-state index in [4.69, 9.17) is 4.74 Å². The second kappa shape index (κ2) is 9.38. The predicted molar refractivity (Wildman–Crippen MR) is 115 cm³/mol. The van der Waals surface area contributed by atoms with Crippen LogP contribution in [-0.2, 0) is 16.0 Å². The average molecular weight is 417 g/mol. The molecule has 4 rings (SSSR count). The lowest BCUT2D eigenvalue weighted by Crippen LogP contribution is -2.41. The van der Waals surface area contributed by atoms with E-state index >= 15 is 0 Å². The molecule has 1 amide bonds. The monoisotopic (exact) mass is 417 g/mol. The number of ether oxygens (including phenoxy) is 1. The molecule has 7 heteroatoms. The van der Waals surface area contributed by atoms with Crippen LogP contribution >= 0.6 is 0 Å². The van der Waals surface area contributed by atoms with Gasteiger partial charge in [-0.05, 0) is 47.1 Å². The molecule has 7 nitrogen and oxygen atoms in total. The highest BCUT2D eigenvalue weighted by Crippen LogP contribution is 2.44. The fraction of sp³-hybridized carbons (Fsp3) is 0.250. The third-order valence-corrected chi connectivity index (χ3v) is 5.51. The normalized spacial score (nSPS) is 13.2. The Morgan fingerprint density at radius 2 is 1.61 bits per heavy atom. The van der Waals surface area contributed by atoms with E-state index in [0.717, 1.165) is 27.8 Å². The second-order valence-corrected chi connectivity index (χ2v) is 7.50. The van der Waals surface area contributed by atoms with E-state index < -0.39 is 18.1 Å². The Kier molecular flexibility index (Phi) is 6.21. The fourth-order valence-electron chi connectivity index (χ4n) is 4.01. The number of nitrogens with one attached hydrogen (secondary N) is 1. The fourth-order valence-corrected chi connectivity index (χ4v) is 4.01. The third kappa shape index (κ3) is 4.71. The maximum absolute atomic E-state index is 12.4. The Morgan fingerprint density at radius 1 is 1.00 bits per heavy atom. The standard InChI is InChI=1S/C24H23N3O4/c28-23(29)22(11-5-6-16-12-25-15-26-13-16)27-24(30)31-14-21-19-9-3-1-7-17(19)18-8-2-4-10-20(18)21/h1-4,7-10,12-13,15,21-22H,5-6,11,14H2,(H,27,30)(H,28,29)/t22-/m1/s1. The van der Waals surface area contributed by atoms with Crippen LogP contribution in [-0.4, -0.2) is 39.8 Å². The van der Waals surface area contributed by atoms with Crippen LogP contribution in [0.5, 0.6) is 0 Å². The molecule has 0 bridgehead atoms. The Morgan fingerprint density at radius 3 is 2.23 bits per heavy atom. The van der Waals surface area contributed by atoms with E-state index in [0.29, 0.717) is 12.8 Å². The number of amides is 1. The Labute approximate surface area is 180 Å². The number of benzene rings is 2. The van der Waals surface area contributed by atoms with E-state index in [1.807, 2.05) is 36.4 Å². The van der Waals surface area contributed by atoms with Crippen LogP contribution in [0.1, 0.15) is 35.4 Å². The largest absolute Gasteiger partial charge is 0.480 e. The summed E-state index contributed by atoms with van der Waals surface area (Å²) in [6.07, 6.45) is 5.61. The zero-order valence-corrected chi connectivity index (χ0v) is 16.9. The summed E-state index contributed by atoms with van der Waals surface area (Å²) in [5, 5.41) is 11.9. The van der Waals surface area contributed by atoms with Crippen LogP contribution in [0.4, 0.5) is 4.79 Å². The highest BCUT2D eigenvalue weighted by molar-refractivity contribution is 5.81. The second-order valence-electron chi connectivity index (χ2n) is 7.50. The third-order valence-electron chi connectivity index (χ3n) is 5.51. The Hall–Kier alpha value is -3.74. The summed E-state index contributed by atoms with van der Waals surface area (Å²) in [6, 6.07) is 15.1. The van der Waals surface area contributed by atoms with Crippen molar-refractivity contribution in [3.05, 3.63) is 83.9 Å². The quantitative estimate of drug-likeness (QED) is 0.578. The van der Waals surface area contributed by atoms with Crippen molar-refractivity contribution in [2.24, 2.45) is 0 Å². The Balaban J connectivity index is 1.34. The molecule has 0 saturated carbocycles. The maximum Gasteiger partial charge on any atom is 0.407 e. The van der Waals surface area contributed by atoms with Gasteiger partial charge in [0.1, 0.15) is 19.0 Å². The number of carboxylic acids is 1. The van der Waals surface area contributed by atoms with E-state index in [1.165, 1.54) is 6.33 Å². The molecule has 3 aromatic rings. The van der Waals surface area contributed by atoms with Crippen molar-refractivity contribution in [2.75, 3.05) is 6.61 Å². The molecule has 0 saturated heterocycles. The number of aromatic nitrogens is 2. The van der Waals surface area contributed by atoms with Gasteiger partial charge >= 0.3 is 12.1 Å². The molecule has 2 aromatic carbocycles. The van der Waals surface area contributed by atoms with Crippen molar-refractivity contribution in [1.29, 1.82) is 0 Å². The highest BCUT2D eigenvalue weighted by Gasteiger charge is 2.29. The van der Waals surface area contributed by atoms with Crippen molar-refractivity contribution in [2.45, 2.75) is 31.2 Å². The molecule has 0 spiro atoms. The topological polar surface area (TPSA) is 101 Å². The number of carboxylic acid groups (broad SMARTS) is 1. The average Bonchev–Trinajstić information content (AvgIpc) is 3.11. The lowest BCUT2D eigenvalue weighted by molar-refractivity contribution is -0.139. The summed E-state index contributed by atoms with van der Waals surface area (Å²) in [4.78, 5) is 31.8. The molecule has 31 heavy (non-hydrogen) atoms. The number of aryl methyl sites for hydroxylation is 1. The lowest BCUT2D eigenvalue weighted by Gasteiger charge is -2.17. The first-order chi connectivity index (χ1) is 15.1. The minimum Gasteiger partial charge on any atom is -0.480 e. The van der Waals surface area contributed by atoms with Gasteiger partial charge in [0.15, 0.2) is 0 Å². The first kappa shape index (κ1) is 20.5. The van der Waals surface area contributed by atoms with Crippen molar-refractivity contribution < 1.29 is 19.4 Å². The first-order valence-corrected chi connectivity index (χ1v) is 10.2. The molecular formula is C24H23N3O4. The number of hydrogen-bond acceptors (Lipinski definition) is 5. The maximum atomic E-state index is 12.4. The van der Waals surface area contributed by atoms with E-state index in [-0.39, 0.29) is 18.9 Å². The Bertz CT molecular complexity index is 1030. The molecule has 1 aliphatic rings. The number of carbonyl (C=O) groups is 2. The van der Waals surface area contributed by atoms with Gasteiger partial charge in [0.25, 0.3) is 0 Å². The molecule has 2 N–H and O–H groups in total. The van der Waals surface area contributed by atoms with Crippen molar-refractivity contribution >= 4 is 12.1 Å². The van der Waals surface area contributed by atoms with E-state index in [1.54, 1.807) is 12.4 Å². The van der Waals surface area contributed by atoms with Gasteiger partial charge in [-0.15, -0.1) is 0 Å². The predicted octanol–water partition coefficient (Wildman–Crippen LogP) is 3.79. The van der Waals surface area contributed by atoms with Crippen LogP contribution in [0.25, 0.3) is 11.1 Å². The molecule has 0 fully saturated rings. The van der Waals surface area contributed by atoms with Gasteiger partial charge in [0.05, 0.1) is 0 Å². The molecule has 0 unspecified atom stereocenters. The minimum absolute atomic E-state index is 0.0699. The molecular weight excluding hydrogens is 394 g/mol. The van der Waals surface area contributed by atoms with Crippen molar-refractivity contribution in [3.8, 4) is 11.1 Å². The van der Waals surface area contributed by atoms with E-state index in [9.17, 15) is 14.7 Å². The molecule has 1 heterocycles. The van der Waals surface area contributed by atoms with Gasteiger partial charge in [-0.1, -0.05) is 48.5 Å². The van der Waals surface area contributed by atoms with Crippen LogP contribution in [0.15, 0.2) is 67.3 Å². The number of aliphatic carboxylic acids is 1. The summed E-state index contributed by atoms with van der Waals surface area (Å²) in [7, 11) is 0. The van der Waals surface area contributed by atoms with Gasteiger partial charge in [-0.25, -0.2) is 19.6 Å². The van der Waals surface area contributed by atoms with Gasteiger partial charge in [-0.2, -0.15) is 0 Å². The molecule has 0 radical (unpaired) electrons. The summed E-state index contributed by atoms with van der Waals surface area (Å²) in [6.45, 7) is 0.146. The van der Waals surface area contributed by atoms with Crippen LogP contribution < -0.4 is 5.32 Å². The SMILES string of the molecule is O=C(N[C@H](CCCc1cncnc1)C(=O)O)OCC1c2ccccc2-c2ccccc21. The molecule has 1 aromatic heterocycles. The van der Waals surface area contributed by atoms with Gasteiger partial charge in [-0.3, -0.25) is 0 Å². The van der Waals surface area contributed by atoms with Crippen molar-refractivity contribution in [3.63, 3.8) is 0 Å². The summed E-state index contributed by atoms with van der Waals surface area (Å²) >= 11 is 0. The van der Waals surface area contributed by atoms with E-state index in [2.05, 4.69) is 27.4 Å². The smallest absolute Gasteiger partial charge is 0.407 e. The number of hydrogen-bond donors (Lipinski definition) is 2. The zero-order chi connectivity index (χ0) is 21.6. The number of nitrogens with zero attached hydrogens (tertiary/aromatic N) is 2. The number of fused-ring (bicyclic) bond motifs is 3. The molecule has 0 aliphatic heterocycles. The van der Waals surface area contributed by atoms with Crippen LogP contribution in [0, 0.1) is 0 Å². The van der Waals surface area contributed by atoms with Gasteiger partial charge in [0, 0.05) is 18.3 Å². The molecule has 158 valence electrons. The summed E-state index contributed by atoms with van der Waals surface area (Å²) < 4.78 is 5.45. The van der Waals surface area contributed by atoms with Crippen molar-refractivity contribution in [1.82, 2.24) is 15.3 Å². The summed E-state index contributed by atoms with van der Waals surface area (Å²) in [5.41, 5.74) is 5.42. The molecule has 1 aliphatic carbocycles. The van der Waals surface area contributed by atoms with Crippen LogP contribution in [0.2, 0.25) is 0 Å². The lowest BCUT2D eigenvalue weighted by atomic mass is 9.98. The molecule has 1 atom stereocenters. The minimum atomic E-state index is -1.09. The number of alkyl carbamates (subject to hydrolysis) is 1. The first-order valence-electron chi connectivity index (χ1n) is 10.2. The van der Waals surface area contributed by atoms with Gasteiger partial charge < -0.3 is 15.2 Å². The number of rotatable bonds is 8. The summed E-state index contributed by atoms with van der Waals surface area (Å²) in [5.74, 6) is -1.16. The zero-order valence-electron chi connectivity index (χ0n) is 16.9. The highest BCUT2D eigenvalue weighted by atomic mass is 16.5. The van der Waals surface area contributed by atoms with Gasteiger partial charge in [0.2, 0.25) is 0 Å². The number of carbonyl (C=O) groups excluding carboxylic acids is 1. The van der Waals surface area contributed by atoms with Crippen LogP contribution in [0.3, 0.4) is 0 Å².